The molecular formula is C24H25FN2O4. The lowest BCUT2D eigenvalue weighted by Gasteiger charge is -2.38. The van der Waals surface area contributed by atoms with Crippen LogP contribution in [0.15, 0.2) is 59.2 Å². The third-order valence-electron chi connectivity index (χ3n) is 5.65. The van der Waals surface area contributed by atoms with Crippen LogP contribution in [0.5, 0.6) is 11.5 Å². The summed E-state index contributed by atoms with van der Waals surface area (Å²) in [7, 11) is 3.20. The van der Waals surface area contributed by atoms with Gasteiger partial charge in [-0.15, -0.1) is 0 Å². The minimum Gasteiger partial charge on any atom is -0.493 e. The van der Waals surface area contributed by atoms with Crippen LogP contribution in [0.25, 0.3) is 0 Å². The summed E-state index contributed by atoms with van der Waals surface area (Å²) >= 11 is 0. The summed E-state index contributed by atoms with van der Waals surface area (Å²) in [6.07, 6.45) is 2.25. The molecule has 2 aromatic carbocycles. The molecule has 1 N–H and O–H groups in total. The molecule has 1 aromatic heterocycles. The first-order valence-corrected chi connectivity index (χ1v) is 10.1. The molecule has 7 heteroatoms. The van der Waals surface area contributed by atoms with E-state index in [0.29, 0.717) is 30.2 Å². The van der Waals surface area contributed by atoms with Crippen LogP contribution in [0.3, 0.4) is 0 Å². The van der Waals surface area contributed by atoms with Crippen molar-refractivity contribution in [1.82, 2.24) is 10.2 Å². The van der Waals surface area contributed by atoms with Gasteiger partial charge in [0.1, 0.15) is 5.82 Å². The van der Waals surface area contributed by atoms with Crippen LogP contribution < -0.4 is 14.8 Å². The van der Waals surface area contributed by atoms with Gasteiger partial charge < -0.3 is 19.2 Å². The number of hydrogen-bond donors (Lipinski definition) is 1. The first-order chi connectivity index (χ1) is 15.1. The van der Waals surface area contributed by atoms with Crippen LogP contribution in [0.2, 0.25) is 0 Å². The minimum atomic E-state index is -0.288. The van der Waals surface area contributed by atoms with Gasteiger partial charge in [-0.2, -0.15) is 0 Å². The number of fused-ring (bicyclic) bond motifs is 1. The van der Waals surface area contributed by atoms with E-state index >= 15 is 0 Å². The number of nitrogens with zero attached hydrogens (tertiary/aromatic N) is 1. The fraction of sp³-hybridized carbons (Fsp3) is 0.292. The van der Waals surface area contributed by atoms with Gasteiger partial charge in [0.15, 0.2) is 17.3 Å². The SMILES string of the molecule is COc1cc2c(cc1OC)[C@H](CNC(=O)c1ccco1)N(Cc1ccccc1F)CC2. The molecule has 0 unspecified atom stereocenters. The molecule has 6 nitrogen and oxygen atoms in total. The maximum Gasteiger partial charge on any atom is 0.287 e. The Morgan fingerprint density at radius 2 is 1.94 bits per heavy atom. The first kappa shape index (κ1) is 20.9. The third-order valence-corrected chi connectivity index (χ3v) is 5.65. The van der Waals surface area contributed by atoms with E-state index in [9.17, 15) is 9.18 Å². The predicted molar refractivity (Wildman–Crippen MR) is 114 cm³/mol. The highest BCUT2D eigenvalue weighted by molar-refractivity contribution is 5.91. The molecule has 1 aliphatic heterocycles. The zero-order valence-corrected chi connectivity index (χ0v) is 17.6. The molecule has 0 fully saturated rings. The number of carbonyl (C=O) groups is 1. The smallest absolute Gasteiger partial charge is 0.287 e. The van der Waals surface area contributed by atoms with Crippen molar-refractivity contribution in [1.29, 1.82) is 0 Å². The van der Waals surface area contributed by atoms with E-state index in [-0.39, 0.29) is 23.5 Å². The Morgan fingerprint density at radius 1 is 1.16 bits per heavy atom. The van der Waals surface area contributed by atoms with Gasteiger partial charge in [-0.25, -0.2) is 4.39 Å². The Kier molecular flexibility index (Phi) is 6.23. The first-order valence-electron chi connectivity index (χ1n) is 10.1. The van der Waals surface area contributed by atoms with Gasteiger partial charge in [-0.3, -0.25) is 9.69 Å². The summed E-state index contributed by atoms with van der Waals surface area (Å²) in [5, 5.41) is 2.95. The quantitative estimate of drug-likeness (QED) is 0.622. The predicted octanol–water partition coefficient (Wildman–Crippen LogP) is 3.97. The van der Waals surface area contributed by atoms with Crippen molar-refractivity contribution < 1.29 is 23.1 Å². The summed E-state index contributed by atoms with van der Waals surface area (Å²) in [5.74, 6) is 1.02. The van der Waals surface area contributed by atoms with Gasteiger partial charge in [0.05, 0.1) is 26.5 Å². The van der Waals surface area contributed by atoms with Crippen molar-refractivity contribution in [3.8, 4) is 11.5 Å². The number of hydrogen-bond acceptors (Lipinski definition) is 5. The fourth-order valence-electron chi connectivity index (χ4n) is 4.04. The van der Waals surface area contributed by atoms with Crippen LogP contribution in [-0.2, 0) is 13.0 Å². The summed E-state index contributed by atoms with van der Waals surface area (Å²) in [4.78, 5) is 14.7. The molecule has 0 aliphatic carbocycles. The molecule has 1 aliphatic rings. The molecule has 162 valence electrons. The number of benzene rings is 2. The molecular weight excluding hydrogens is 399 g/mol. The number of nitrogens with one attached hydrogen (secondary N) is 1. The van der Waals surface area contributed by atoms with E-state index in [1.807, 2.05) is 18.2 Å². The lowest BCUT2D eigenvalue weighted by atomic mass is 9.91. The number of carbonyl (C=O) groups excluding carboxylic acids is 1. The second-order valence-electron chi connectivity index (χ2n) is 7.42. The van der Waals surface area contributed by atoms with E-state index in [2.05, 4.69) is 10.2 Å². The Hall–Kier alpha value is -3.32. The highest BCUT2D eigenvalue weighted by Crippen LogP contribution is 2.38. The van der Waals surface area contributed by atoms with E-state index in [1.54, 1.807) is 38.5 Å². The van der Waals surface area contributed by atoms with E-state index in [4.69, 9.17) is 13.9 Å². The third kappa shape index (κ3) is 4.41. The normalized spacial score (nSPS) is 15.9. The average Bonchev–Trinajstić information content (AvgIpc) is 3.33. The number of furan rings is 1. The Balaban J connectivity index is 1.65. The Labute approximate surface area is 180 Å². The van der Waals surface area contributed by atoms with Crippen molar-refractivity contribution in [3.63, 3.8) is 0 Å². The van der Waals surface area contributed by atoms with E-state index < -0.39 is 0 Å². The average molecular weight is 424 g/mol. The second-order valence-corrected chi connectivity index (χ2v) is 7.42. The fourth-order valence-corrected chi connectivity index (χ4v) is 4.04. The number of rotatable bonds is 7. The molecule has 0 spiro atoms. The molecule has 2 heterocycles. The van der Waals surface area contributed by atoms with Crippen molar-refractivity contribution in [2.45, 2.75) is 19.0 Å². The van der Waals surface area contributed by atoms with Crippen LogP contribution in [0.4, 0.5) is 4.39 Å². The molecule has 1 atom stereocenters. The molecule has 0 bridgehead atoms. The maximum atomic E-state index is 14.3. The van der Waals surface area contributed by atoms with Gasteiger partial charge in [0.2, 0.25) is 0 Å². The van der Waals surface area contributed by atoms with Crippen molar-refractivity contribution in [3.05, 3.63) is 83.1 Å². The summed E-state index contributed by atoms with van der Waals surface area (Å²) in [6.45, 7) is 1.50. The number of amides is 1. The van der Waals surface area contributed by atoms with Crippen LogP contribution in [0, 0.1) is 5.82 Å². The molecule has 0 saturated carbocycles. The van der Waals surface area contributed by atoms with Gasteiger partial charge in [0, 0.05) is 25.2 Å². The molecule has 1 amide bonds. The standard InChI is InChI=1S/C24H25FN2O4/c1-29-22-12-16-9-10-27(15-17-6-3-4-7-19(17)25)20(18(16)13-23(22)30-2)14-26-24(28)21-8-5-11-31-21/h3-8,11-13,20H,9-10,14-15H2,1-2H3,(H,26,28)/t20-/m0/s1. The Bertz CT molecular complexity index is 1050. The van der Waals surface area contributed by atoms with Crippen LogP contribution in [0.1, 0.15) is 33.3 Å². The van der Waals surface area contributed by atoms with Gasteiger partial charge in [-0.1, -0.05) is 18.2 Å². The topological polar surface area (TPSA) is 63.9 Å². The molecule has 31 heavy (non-hydrogen) atoms. The second kappa shape index (κ2) is 9.22. The van der Waals surface area contributed by atoms with Gasteiger partial charge >= 0.3 is 0 Å². The highest BCUT2D eigenvalue weighted by atomic mass is 19.1. The van der Waals surface area contributed by atoms with Crippen LogP contribution in [-0.4, -0.2) is 38.1 Å². The molecule has 0 saturated heterocycles. The van der Waals surface area contributed by atoms with E-state index in [0.717, 1.165) is 24.1 Å². The molecule has 0 radical (unpaired) electrons. The van der Waals surface area contributed by atoms with Gasteiger partial charge in [0.25, 0.3) is 5.91 Å². The Morgan fingerprint density at radius 3 is 2.65 bits per heavy atom. The van der Waals surface area contributed by atoms with Gasteiger partial charge in [-0.05, 0) is 47.9 Å². The summed E-state index contributed by atoms with van der Waals surface area (Å²) < 4.78 is 30.5. The zero-order valence-electron chi connectivity index (χ0n) is 17.6. The monoisotopic (exact) mass is 424 g/mol. The lowest BCUT2D eigenvalue weighted by molar-refractivity contribution is 0.0898. The van der Waals surface area contributed by atoms with Crippen molar-refractivity contribution >= 4 is 5.91 Å². The number of methoxy groups -OCH3 is 2. The highest BCUT2D eigenvalue weighted by Gasteiger charge is 2.30. The van der Waals surface area contributed by atoms with E-state index in [1.165, 1.54) is 12.3 Å². The zero-order chi connectivity index (χ0) is 21.8. The summed E-state index contributed by atoms with van der Waals surface area (Å²) in [6, 6.07) is 13.8. The minimum absolute atomic E-state index is 0.165. The largest absolute Gasteiger partial charge is 0.493 e. The maximum absolute atomic E-state index is 14.3. The summed E-state index contributed by atoms with van der Waals surface area (Å²) in [5.41, 5.74) is 2.77. The lowest BCUT2D eigenvalue weighted by Crippen LogP contribution is -2.42. The number of halogens is 1. The molecule has 3 aromatic rings. The van der Waals surface area contributed by atoms with Crippen LogP contribution >= 0.6 is 0 Å². The number of ether oxygens (including phenoxy) is 2. The van der Waals surface area contributed by atoms with Crippen molar-refractivity contribution in [2.75, 3.05) is 27.3 Å². The van der Waals surface area contributed by atoms with Crippen molar-refractivity contribution in [2.24, 2.45) is 0 Å². The molecule has 4 rings (SSSR count).